The molecule has 9 nitrogen and oxygen atoms in total. The normalized spacial score (nSPS) is 28.4. The van der Waals surface area contributed by atoms with Crippen molar-refractivity contribution in [2.75, 3.05) is 19.7 Å². The summed E-state index contributed by atoms with van der Waals surface area (Å²) in [5.41, 5.74) is -0.399. The van der Waals surface area contributed by atoms with Gasteiger partial charge >= 0.3 is 0 Å². The first-order valence-corrected chi connectivity index (χ1v) is 9.54. The van der Waals surface area contributed by atoms with Crippen molar-refractivity contribution in [2.45, 2.75) is 62.6 Å². The Kier molecular flexibility index (Phi) is 4.59. The van der Waals surface area contributed by atoms with Crippen molar-refractivity contribution in [3.8, 4) is 0 Å². The lowest BCUT2D eigenvalue weighted by Crippen LogP contribution is -2.65. The van der Waals surface area contributed by atoms with E-state index in [1.165, 1.54) is 9.70 Å². The molecule has 1 spiro atoms. The maximum absolute atomic E-state index is 13.6. The Hall–Kier alpha value is -2.17. The average molecular weight is 398 g/mol. The van der Waals surface area contributed by atoms with Gasteiger partial charge in [-0.1, -0.05) is 0 Å². The van der Waals surface area contributed by atoms with Crippen LogP contribution in [0.25, 0.3) is 0 Å². The highest BCUT2D eigenvalue weighted by Crippen LogP contribution is 2.42. The van der Waals surface area contributed by atoms with E-state index < -0.39 is 30.2 Å². The van der Waals surface area contributed by atoms with Crippen molar-refractivity contribution in [3.05, 3.63) is 5.82 Å². The first kappa shape index (κ1) is 19.2. The molecule has 154 valence electrons. The molecule has 1 aromatic rings. The maximum atomic E-state index is 13.6. The number of hydrogen-bond donors (Lipinski definition) is 0. The summed E-state index contributed by atoms with van der Waals surface area (Å²) >= 11 is 0. The molecule has 1 saturated carbocycles. The summed E-state index contributed by atoms with van der Waals surface area (Å²) in [4.78, 5) is 29.6. The van der Waals surface area contributed by atoms with Crippen LogP contribution in [0.5, 0.6) is 0 Å². The molecular formula is C17H24F2N6O3. The Morgan fingerprint density at radius 1 is 1.32 bits per heavy atom. The molecule has 0 bridgehead atoms. The molecule has 3 fully saturated rings. The van der Waals surface area contributed by atoms with Gasteiger partial charge in [-0.3, -0.25) is 9.59 Å². The van der Waals surface area contributed by atoms with Crippen molar-refractivity contribution in [3.63, 3.8) is 0 Å². The summed E-state index contributed by atoms with van der Waals surface area (Å²) in [5.74, 6) is -3.55. The molecule has 0 radical (unpaired) electrons. The molecule has 3 aliphatic rings. The average Bonchev–Trinajstić information content (AvgIpc) is 3.14. The van der Waals surface area contributed by atoms with Crippen LogP contribution >= 0.6 is 0 Å². The Balaban J connectivity index is 1.45. The van der Waals surface area contributed by atoms with Crippen LogP contribution in [0.2, 0.25) is 0 Å². The quantitative estimate of drug-likeness (QED) is 0.741. The van der Waals surface area contributed by atoms with Gasteiger partial charge in [0.05, 0.1) is 38.3 Å². The van der Waals surface area contributed by atoms with Gasteiger partial charge in [-0.05, 0) is 31.4 Å². The fourth-order valence-electron chi connectivity index (χ4n) is 4.37. The number of carbonyl (C=O) groups excluding carboxylic acids is 2. The Labute approximate surface area is 161 Å². The van der Waals surface area contributed by atoms with Gasteiger partial charge in [0.1, 0.15) is 0 Å². The first-order valence-electron chi connectivity index (χ1n) is 9.54. The van der Waals surface area contributed by atoms with E-state index in [-0.39, 0.29) is 37.0 Å². The molecule has 0 aromatic carbocycles. The molecule has 1 aromatic heterocycles. The van der Waals surface area contributed by atoms with Gasteiger partial charge < -0.3 is 14.5 Å². The Morgan fingerprint density at radius 3 is 2.61 bits per heavy atom. The lowest BCUT2D eigenvalue weighted by atomic mass is 9.74. The number of nitrogens with zero attached hydrogens (tertiary/aromatic N) is 6. The molecule has 1 aliphatic carbocycles. The number of rotatable bonds is 3. The number of aromatic nitrogens is 4. The monoisotopic (exact) mass is 398 g/mol. The first-order chi connectivity index (χ1) is 13.2. The largest absolute Gasteiger partial charge is 0.373 e. The fourth-order valence-corrected chi connectivity index (χ4v) is 4.37. The van der Waals surface area contributed by atoms with E-state index in [4.69, 9.17) is 4.74 Å². The lowest BCUT2D eigenvalue weighted by Gasteiger charge is -2.54. The highest BCUT2D eigenvalue weighted by molar-refractivity contribution is 5.91. The standard InChI is InChI=1S/C17H24F2N6O3/c1-11-7-17(18,19)9-24(11)13(26)6-12-8-25(16(10-28-12)4-3-5-16)15(27)14-20-22-23(2)21-14/h11-12H,3-10H2,1-2H3. The summed E-state index contributed by atoms with van der Waals surface area (Å²) < 4.78 is 33.1. The van der Waals surface area contributed by atoms with Crippen molar-refractivity contribution in [1.29, 1.82) is 0 Å². The molecule has 2 unspecified atom stereocenters. The van der Waals surface area contributed by atoms with Crippen LogP contribution < -0.4 is 0 Å². The predicted octanol–water partition coefficient (Wildman–Crippen LogP) is 0.620. The third-order valence-electron chi connectivity index (χ3n) is 6.03. The number of ether oxygens (including phenoxy) is 1. The molecule has 2 atom stereocenters. The molecule has 3 heterocycles. The minimum atomic E-state index is -2.85. The topological polar surface area (TPSA) is 93.5 Å². The zero-order valence-electron chi connectivity index (χ0n) is 16.0. The number of likely N-dealkylation sites (tertiary alicyclic amines) is 1. The summed E-state index contributed by atoms with van der Waals surface area (Å²) in [6.45, 7) is 1.60. The number of aryl methyl sites for hydroxylation is 1. The van der Waals surface area contributed by atoms with E-state index >= 15 is 0 Å². The minimum Gasteiger partial charge on any atom is -0.373 e. The molecular weight excluding hydrogens is 374 g/mol. The summed E-state index contributed by atoms with van der Waals surface area (Å²) in [6, 6.07) is -0.509. The molecule has 28 heavy (non-hydrogen) atoms. The van der Waals surface area contributed by atoms with E-state index in [2.05, 4.69) is 15.4 Å². The van der Waals surface area contributed by atoms with Crippen LogP contribution in [0.15, 0.2) is 0 Å². The van der Waals surface area contributed by atoms with Gasteiger partial charge in [0.2, 0.25) is 5.91 Å². The SMILES string of the molecule is CC1CC(F)(F)CN1C(=O)CC1CN(C(=O)c2nnn(C)n2)C2(CCC2)CO1. The van der Waals surface area contributed by atoms with Crippen molar-refractivity contribution < 1.29 is 23.1 Å². The van der Waals surface area contributed by atoms with E-state index in [0.717, 1.165) is 19.3 Å². The second kappa shape index (κ2) is 6.71. The smallest absolute Gasteiger partial charge is 0.296 e. The van der Waals surface area contributed by atoms with Crippen molar-refractivity contribution in [1.82, 2.24) is 30.0 Å². The number of alkyl halides is 2. The molecule has 11 heteroatoms. The molecule has 2 aliphatic heterocycles. The highest BCUT2D eigenvalue weighted by Gasteiger charge is 2.51. The predicted molar refractivity (Wildman–Crippen MR) is 91.5 cm³/mol. The Morgan fingerprint density at radius 2 is 2.07 bits per heavy atom. The van der Waals surface area contributed by atoms with Crippen molar-refractivity contribution >= 4 is 11.8 Å². The van der Waals surface area contributed by atoms with Crippen LogP contribution in [-0.2, 0) is 16.6 Å². The lowest BCUT2D eigenvalue weighted by molar-refractivity contribution is -0.148. The summed E-state index contributed by atoms with van der Waals surface area (Å²) in [5, 5.41) is 11.5. The van der Waals surface area contributed by atoms with Gasteiger partial charge in [-0.15, -0.1) is 10.2 Å². The highest BCUT2D eigenvalue weighted by atomic mass is 19.3. The maximum Gasteiger partial charge on any atom is 0.296 e. The van der Waals surface area contributed by atoms with Gasteiger partial charge in [0, 0.05) is 19.0 Å². The third-order valence-corrected chi connectivity index (χ3v) is 6.03. The van der Waals surface area contributed by atoms with E-state index in [1.807, 2.05) is 0 Å². The number of halogens is 2. The van der Waals surface area contributed by atoms with E-state index in [0.29, 0.717) is 6.61 Å². The number of amides is 2. The van der Waals surface area contributed by atoms with Crippen LogP contribution in [0.4, 0.5) is 8.78 Å². The van der Waals surface area contributed by atoms with Gasteiger partial charge in [0.15, 0.2) is 0 Å². The molecule has 2 amide bonds. The summed E-state index contributed by atoms with van der Waals surface area (Å²) in [7, 11) is 1.58. The zero-order chi connectivity index (χ0) is 20.1. The molecule has 4 rings (SSSR count). The fraction of sp³-hybridized carbons (Fsp3) is 0.824. The second-order valence-corrected chi connectivity index (χ2v) is 8.16. The summed E-state index contributed by atoms with van der Waals surface area (Å²) in [6.07, 6.45) is 1.72. The number of morpholine rings is 1. The van der Waals surface area contributed by atoms with Crippen LogP contribution in [0, 0.1) is 0 Å². The van der Waals surface area contributed by atoms with Gasteiger partial charge in [0.25, 0.3) is 17.7 Å². The van der Waals surface area contributed by atoms with Crippen molar-refractivity contribution in [2.24, 2.45) is 7.05 Å². The number of carbonyl (C=O) groups is 2. The number of tetrazole rings is 1. The third kappa shape index (κ3) is 3.36. The van der Waals surface area contributed by atoms with Crippen LogP contribution in [0.3, 0.4) is 0 Å². The van der Waals surface area contributed by atoms with Gasteiger partial charge in [-0.2, -0.15) is 4.80 Å². The van der Waals surface area contributed by atoms with E-state index in [9.17, 15) is 18.4 Å². The zero-order valence-corrected chi connectivity index (χ0v) is 16.0. The van der Waals surface area contributed by atoms with Crippen LogP contribution in [-0.4, -0.2) is 85.1 Å². The Bertz CT molecular complexity index is 781. The molecule has 0 N–H and O–H groups in total. The minimum absolute atomic E-state index is 0.00792. The molecule has 2 saturated heterocycles. The number of hydrogen-bond acceptors (Lipinski definition) is 6. The second-order valence-electron chi connectivity index (χ2n) is 8.16. The van der Waals surface area contributed by atoms with Gasteiger partial charge in [-0.25, -0.2) is 8.78 Å². The van der Waals surface area contributed by atoms with Crippen LogP contribution in [0.1, 0.15) is 49.6 Å². The van der Waals surface area contributed by atoms with E-state index in [1.54, 1.807) is 18.9 Å².